The van der Waals surface area contributed by atoms with Crippen LogP contribution in [0.25, 0.3) is 0 Å². The third kappa shape index (κ3) is 6.11. The van der Waals surface area contributed by atoms with Crippen molar-refractivity contribution in [1.82, 2.24) is 14.9 Å². The van der Waals surface area contributed by atoms with E-state index in [4.69, 9.17) is 9.72 Å². The summed E-state index contributed by atoms with van der Waals surface area (Å²) < 4.78 is 18.7. The second-order valence-electron chi connectivity index (χ2n) is 7.96. The molecule has 0 spiro atoms. The Morgan fingerprint density at radius 1 is 1.18 bits per heavy atom. The van der Waals surface area contributed by atoms with Crippen LogP contribution in [0.1, 0.15) is 18.5 Å². The summed E-state index contributed by atoms with van der Waals surface area (Å²) in [6.45, 7) is 10.7. The maximum atomic E-state index is 13.3. The smallest absolute Gasteiger partial charge is 0.227 e. The minimum Gasteiger partial charge on any atom is -0.379 e. The Balaban J connectivity index is 1.48. The van der Waals surface area contributed by atoms with Crippen molar-refractivity contribution in [2.45, 2.75) is 19.0 Å². The molecule has 0 unspecified atom stereocenters. The summed E-state index contributed by atoms with van der Waals surface area (Å²) in [4.78, 5) is 21.7. The number of aliphatic imine (C=N–C) groups is 2. The van der Waals surface area contributed by atoms with Gasteiger partial charge in [-0.1, -0.05) is 12.1 Å². The van der Waals surface area contributed by atoms with Crippen LogP contribution in [0.5, 0.6) is 0 Å². The van der Waals surface area contributed by atoms with E-state index in [1.165, 1.54) is 30.9 Å². The quantitative estimate of drug-likeness (QED) is 0.447. The summed E-state index contributed by atoms with van der Waals surface area (Å²) in [6.07, 6.45) is 4.56. The molecule has 1 aromatic carbocycles. The number of hydrogen-bond acceptors (Lipinski definition) is 8. The molecule has 2 aromatic rings. The van der Waals surface area contributed by atoms with E-state index in [9.17, 15) is 4.39 Å². The molecule has 10 heteroatoms. The van der Waals surface area contributed by atoms with Crippen molar-refractivity contribution in [3.8, 4) is 0 Å². The number of ether oxygens (including phenoxy) is 1. The lowest BCUT2D eigenvalue weighted by Gasteiger charge is -2.47. The van der Waals surface area contributed by atoms with Gasteiger partial charge in [0.2, 0.25) is 5.95 Å². The van der Waals surface area contributed by atoms with Gasteiger partial charge in [0.15, 0.2) is 0 Å². The molecule has 1 atom stereocenters. The molecule has 0 aliphatic carbocycles. The van der Waals surface area contributed by atoms with E-state index in [1.807, 2.05) is 13.0 Å². The highest BCUT2D eigenvalue weighted by molar-refractivity contribution is 5.75. The first-order chi connectivity index (χ1) is 16.1. The molecule has 174 valence electrons. The molecule has 0 bridgehead atoms. The summed E-state index contributed by atoms with van der Waals surface area (Å²) in [5.41, 5.74) is 0.944. The Hall–Kier alpha value is -3.37. The highest BCUT2D eigenvalue weighted by Gasteiger charge is 2.33. The van der Waals surface area contributed by atoms with Crippen LogP contribution in [-0.4, -0.2) is 73.4 Å². The molecular formula is C23H29FN8O. The van der Waals surface area contributed by atoms with Crippen LogP contribution < -0.4 is 15.5 Å². The van der Waals surface area contributed by atoms with Gasteiger partial charge in [0.05, 0.1) is 25.6 Å². The maximum absolute atomic E-state index is 13.3. The van der Waals surface area contributed by atoms with Gasteiger partial charge in [0.1, 0.15) is 17.5 Å². The number of hydrogen-bond donors (Lipinski definition) is 2. The van der Waals surface area contributed by atoms with Crippen LogP contribution in [-0.2, 0) is 4.74 Å². The molecular weight excluding hydrogens is 423 g/mol. The fourth-order valence-corrected chi connectivity index (χ4v) is 3.81. The zero-order chi connectivity index (χ0) is 23.0. The van der Waals surface area contributed by atoms with Crippen LogP contribution in [0.2, 0.25) is 0 Å². The SMILES string of the molecule is C=N/C=C\N=C\Nc1cc(N2CC(N3CCOCC3)C2)nc(N[C@@H](C)c2ccc(F)cc2)n1. The van der Waals surface area contributed by atoms with Crippen molar-refractivity contribution < 1.29 is 9.13 Å². The zero-order valence-corrected chi connectivity index (χ0v) is 18.7. The van der Waals surface area contributed by atoms with E-state index < -0.39 is 0 Å². The lowest BCUT2D eigenvalue weighted by molar-refractivity contribution is 0.0104. The fraction of sp³-hybridized carbons (Fsp3) is 0.391. The van der Waals surface area contributed by atoms with E-state index >= 15 is 0 Å². The van der Waals surface area contributed by atoms with Gasteiger partial charge in [0, 0.05) is 50.7 Å². The van der Waals surface area contributed by atoms with Gasteiger partial charge in [-0.05, 0) is 31.3 Å². The van der Waals surface area contributed by atoms with E-state index in [2.05, 4.69) is 42.1 Å². The molecule has 2 aliphatic heterocycles. The molecule has 3 heterocycles. The van der Waals surface area contributed by atoms with Crippen molar-refractivity contribution in [2.24, 2.45) is 9.98 Å². The minimum atomic E-state index is -0.261. The van der Waals surface area contributed by atoms with Crippen LogP contribution in [0.4, 0.5) is 22.0 Å². The fourth-order valence-electron chi connectivity index (χ4n) is 3.81. The number of anilines is 3. The largest absolute Gasteiger partial charge is 0.379 e. The van der Waals surface area contributed by atoms with E-state index in [-0.39, 0.29) is 11.9 Å². The standard InChI is InChI=1S/C23H29FN8O/c1-17(18-3-5-19(24)6-4-18)28-23-29-21(27-16-26-8-7-25-2)13-22(30-23)32-14-20(15-32)31-9-11-33-12-10-31/h3-8,13,16-17,20H,2,9-12,14-15H2,1H3,(H2,26,27,28,29,30)/b8-7-/t17-/m0/s1. The van der Waals surface area contributed by atoms with Gasteiger partial charge < -0.3 is 20.3 Å². The normalized spacial score (nSPS) is 18.4. The first kappa shape index (κ1) is 22.8. The molecule has 33 heavy (non-hydrogen) atoms. The molecule has 1 aromatic heterocycles. The number of nitrogens with zero attached hydrogens (tertiary/aromatic N) is 6. The number of rotatable bonds is 9. The molecule has 2 aliphatic rings. The highest BCUT2D eigenvalue weighted by atomic mass is 19.1. The highest BCUT2D eigenvalue weighted by Crippen LogP contribution is 2.27. The zero-order valence-electron chi connectivity index (χ0n) is 18.7. The van der Waals surface area contributed by atoms with E-state index in [1.54, 1.807) is 12.1 Å². The Morgan fingerprint density at radius 3 is 2.67 bits per heavy atom. The minimum absolute atomic E-state index is 0.0959. The topological polar surface area (TPSA) is 90.3 Å². The van der Waals surface area contributed by atoms with Crippen molar-refractivity contribution in [3.05, 3.63) is 54.1 Å². The Labute approximate surface area is 193 Å². The summed E-state index contributed by atoms with van der Waals surface area (Å²) >= 11 is 0. The molecule has 2 saturated heterocycles. The first-order valence-electron chi connectivity index (χ1n) is 11.0. The summed E-state index contributed by atoms with van der Waals surface area (Å²) in [6, 6.07) is 8.73. The van der Waals surface area contributed by atoms with Gasteiger partial charge in [-0.25, -0.2) is 9.38 Å². The predicted octanol–water partition coefficient (Wildman–Crippen LogP) is 2.92. The molecule has 9 nitrogen and oxygen atoms in total. The van der Waals surface area contributed by atoms with Gasteiger partial charge in [-0.15, -0.1) is 0 Å². The number of morpholine rings is 1. The number of halogens is 1. The average molecular weight is 453 g/mol. The van der Waals surface area contributed by atoms with Crippen molar-refractivity contribution >= 4 is 30.6 Å². The van der Waals surface area contributed by atoms with Gasteiger partial charge in [-0.2, -0.15) is 9.97 Å². The number of benzene rings is 1. The number of aromatic nitrogens is 2. The molecule has 4 rings (SSSR count). The van der Waals surface area contributed by atoms with Crippen LogP contribution in [0.15, 0.2) is 52.7 Å². The van der Waals surface area contributed by atoms with Crippen LogP contribution in [0, 0.1) is 5.82 Å². The molecule has 2 N–H and O–H groups in total. The Bertz CT molecular complexity index is 984. The van der Waals surface area contributed by atoms with E-state index in [0.717, 1.165) is 50.8 Å². The second-order valence-corrected chi connectivity index (χ2v) is 7.96. The molecule has 2 fully saturated rings. The number of nitrogens with one attached hydrogen (secondary N) is 2. The molecule has 0 amide bonds. The van der Waals surface area contributed by atoms with Crippen LogP contribution >= 0.6 is 0 Å². The molecule has 0 saturated carbocycles. The van der Waals surface area contributed by atoms with Crippen LogP contribution in [0.3, 0.4) is 0 Å². The summed E-state index contributed by atoms with van der Waals surface area (Å²) in [5, 5.41) is 6.41. The first-order valence-corrected chi connectivity index (χ1v) is 11.0. The van der Waals surface area contributed by atoms with Crippen molar-refractivity contribution in [3.63, 3.8) is 0 Å². The van der Waals surface area contributed by atoms with E-state index in [0.29, 0.717) is 17.8 Å². The summed E-state index contributed by atoms with van der Waals surface area (Å²) in [7, 11) is 0. The lowest BCUT2D eigenvalue weighted by atomic mass is 10.1. The Morgan fingerprint density at radius 2 is 1.94 bits per heavy atom. The van der Waals surface area contributed by atoms with Gasteiger partial charge in [0.25, 0.3) is 0 Å². The second kappa shape index (κ2) is 11.0. The third-order valence-corrected chi connectivity index (χ3v) is 5.72. The van der Waals surface area contributed by atoms with Gasteiger partial charge >= 0.3 is 0 Å². The van der Waals surface area contributed by atoms with Crippen molar-refractivity contribution in [1.29, 1.82) is 0 Å². The van der Waals surface area contributed by atoms with Crippen molar-refractivity contribution in [2.75, 3.05) is 54.9 Å². The monoisotopic (exact) mass is 452 g/mol. The maximum Gasteiger partial charge on any atom is 0.227 e. The molecule has 0 radical (unpaired) electrons. The third-order valence-electron chi connectivity index (χ3n) is 5.72. The average Bonchev–Trinajstić information content (AvgIpc) is 2.79. The summed E-state index contributed by atoms with van der Waals surface area (Å²) in [5.74, 6) is 1.68. The Kier molecular flexibility index (Phi) is 7.59. The predicted molar refractivity (Wildman–Crippen MR) is 130 cm³/mol. The van der Waals surface area contributed by atoms with Gasteiger partial charge in [-0.3, -0.25) is 9.89 Å². The lowest BCUT2D eigenvalue weighted by Crippen LogP contribution is -2.61.